The van der Waals surface area contributed by atoms with Gasteiger partial charge in [0.2, 0.25) is 11.8 Å². The molecule has 0 aliphatic carbocycles. The number of carbonyl (C=O) groups excluding carboxylic acids is 2. The second-order valence-corrected chi connectivity index (χ2v) is 5.21. The van der Waals surface area contributed by atoms with E-state index >= 15 is 0 Å². The lowest BCUT2D eigenvalue weighted by atomic mass is 10.2. The van der Waals surface area contributed by atoms with Gasteiger partial charge in [0.05, 0.1) is 6.54 Å². The van der Waals surface area contributed by atoms with Crippen molar-refractivity contribution in [2.75, 3.05) is 32.7 Å². The number of carbonyl (C=O) groups is 2. The molecule has 18 heavy (non-hydrogen) atoms. The molecule has 0 saturated carbocycles. The summed E-state index contributed by atoms with van der Waals surface area (Å²) in [5.41, 5.74) is 0. The van der Waals surface area contributed by atoms with E-state index in [1.54, 1.807) is 0 Å². The number of nitrogens with one attached hydrogen (secondary N) is 2. The molecule has 1 fully saturated rings. The second-order valence-electron chi connectivity index (χ2n) is 5.21. The minimum Gasteiger partial charge on any atom is -0.355 e. The molecule has 1 saturated heterocycles. The molecule has 0 spiro atoms. The molecular formula is C13H25N3O2. The summed E-state index contributed by atoms with van der Waals surface area (Å²) < 4.78 is 0. The number of amides is 2. The van der Waals surface area contributed by atoms with E-state index in [9.17, 15) is 9.59 Å². The monoisotopic (exact) mass is 255 g/mol. The van der Waals surface area contributed by atoms with Crippen molar-refractivity contribution in [3.63, 3.8) is 0 Å². The highest BCUT2D eigenvalue weighted by Gasteiger charge is 2.16. The fraction of sp³-hybridized carbons (Fsp3) is 0.846. The van der Waals surface area contributed by atoms with Crippen molar-refractivity contribution in [1.29, 1.82) is 0 Å². The molecule has 104 valence electrons. The van der Waals surface area contributed by atoms with Crippen molar-refractivity contribution in [2.45, 2.75) is 33.1 Å². The molecule has 0 aromatic carbocycles. The van der Waals surface area contributed by atoms with Gasteiger partial charge in [-0.05, 0) is 18.8 Å². The van der Waals surface area contributed by atoms with Crippen LogP contribution in [0.25, 0.3) is 0 Å². The molecule has 0 bridgehead atoms. The van der Waals surface area contributed by atoms with Crippen molar-refractivity contribution >= 4 is 11.8 Å². The Labute approximate surface area is 109 Å². The zero-order valence-corrected chi connectivity index (χ0v) is 11.5. The summed E-state index contributed by atoms with van der Waals surface area (Å²) in [4.78, 5) is 25.0. The Morgan fingerprint density at radius 3 is 2.50 bits per heavy atom. The molecule has 2 N–H and O–H groups in total. The number of hydrogen-bond acceptors (Lipinski definition) is 3. The third kappa shape index (κ3) is 6.00. The first-order valence-corrected chi connectivity index (χ1v) is 6.85. The van der Waals surface area contributed by atoms with Crippen LogP contribution in [0.4, 0.5) is 0 Å². The highest BCUT2D eigenvalue weighted by molar-refractivity contribution is 5.78. The van der Waals surface area contributed by atoms with Crippen LogP contribution in [0, 0.1) is 5.92 Å². The van der Waals surface area contributed by atoms with Crippen LogP contribution < -0.4 is 10.6 Å². The zero-order valence-electron chi connectivity index (χ0n) is 11.5. The predicted octanol–water partition coefficient (Wildman–Crippen LogP) is 0.361. The Morgan fingerprint density at radius 1 is 1.22 bits per heavy atom. The Bertz CT molecular complexity index is 273. The van der Waals surface area contributed by atoms with E-state index in [4.69, 9.17) is 0 Å². The van der Waals surface area contributed by atoms with Crippen LogP contribution in [0.3, 0.4) is 0 Å². The normalized spacial score (nSPS) is 15.2. The van der Waals surface area contributed by atoms with Gasteiger partial charge < -0.3 is 15.5 Å². The molecular weight excluding hydrogens is 230 g/mol. The molecule has 1 aliphatic rings. The maximum absolute atomic E-state index is 11.7. The first-order valence-electron chi connectivity index (χ1n) is 6.85. The maximum atomic E-state index is 11.7. The average Bonchev–Trinajstić information content (AvgIpc) is 2.85. The zero-order chi connectivity index (χ0) is 13.4. The summed E-state index contributed by atoms with van der Waals surface area (Å²) in [7, 11) is 0. The minimum absolute atomic E-state index is 0.00248. The Kier molecular flexibility index (Phi) is 6.72. The van der Waals surface area contributed by atoms with Gasteiger partial charge in [-0.3, -0.25) is 9.59 Å². The molecule has 0 aromatic rings. The smallest absolute Gasteiger partial charge is 0.233 e. The van der Waals surface area contributed by atoms with E-state index in [1.165, 1.54) is 0 Å². The third-order valence-electron chi connectivity index (χ3n) is 2.97. The van der Waals surface area contributed by atoms with E-state index in [0.717, 1.165) is 25.9 Å². The molecule has 1 heterocycles. The van der Waals surface area contributed by atoms with Crippen molar-refractivity contribution < 1.29 is 9.59 Å². The summed E-state index contributed by atoms with van der Waals surface area (Å²) in [5.74, 6) is 0.658. The average molecular weight is 255 g/mol. The Balaban J connectivity index is 2.00. The van der Waals surface area contributed by atoms with Crippen LogP contribution in [0.1, 0.15) is 33.1 Å². The number of nitrogens with zero attached hydrogens (tertiary/aromatic N) is 1. The minimum atomic E-state index is -0.00248. The van der Waals surface area contributed by atoms with E-state index in [2.05, 4.69) is 24.5 Å². The predicted molar refractivity (Wildman–Crippen MR) is 71.1 cm³/mol. The van der Waals surface area contributed by atoms with Crippen LogP contribution in [-0.2, 0) is 9.59 Å². The molecule has 1 rings (SSSR count). The summed E-state index contributed by atoms with van der Waals surface area (Å²) in [6, 6.07) is 0. The molecule has 5 nitrogen and oxygen atoms in total. The maximum Gasteiger partial charge on any atom is 0.233 e. The van der Waals surface area contributed by atoms with Crippen molar-refractivity contribution in [3.05, 3.63) is 0 Å². The van der Waals surface area contributed by atoms with E-state index in [0.29, 0.717) is 32.0 Å². The first kappa shape index (κ1) is 15.0. The van der Waals surface area contributed by atoms with Gasteiger partial charge in [-0.15, -0.1) is 0 Å². The molecule has 1 aliphatic heterocycles. The Hall–Kier alpha value is -1.10. The molecule has 0 atom stereocenters. The number of likely N-dealkylation sites (tertiary alicyclic amines) is 1. The Morgan fingerprint density at radius 2 is 1.89 bits per heavy atom. The van der Waals surface area contributed by atoms with E-state index < -0.39 is 0 Å². The summed E-state index contributed by atoms with van der Waals surface area (Å²) in [6.07, 6.45) is 2.73. The summed E-state index contributed by atoms with van der Waals surface area (Å²) in [5, 5.41) is 5.83. The van der Waals surface area contributed by atoms with Crippen LogP contribution in [0.2, 0.25) is 0 Å². The second kappa shape index (κ2) is 8.08. The van der Waals surface area contributed by atoms with Crippen molar-refractivity contribution in [3.8, 4) is 0 Å². The van der Waals surface area contributed by atoms with Gasteiger partial charge in [-0.1, -0.05) is 13.8 Å². The standard InChI is InChI=1S/C13H25N3O2/c1-11(2)9-15-12(17)10-14-6-5-13(18)16-7-3-4-8-16/h11,14H,3-10H2,1-2H3,(H,15,17). The van der Waals surface area contributed by atoms with Gasteiger partial charge >= 0.3 is 0 Å². The molecule has 0 unspecified atom stereocenters. The lowest BCUT2D eigenvalue weighted by Gasteiger charge is -2.15. The highest BCUT2D eigenvalue weighted by atomic mass is 16.2. The largest absolute Gasteiger partial charge is 0.355 e. The van der Waals surface area contributed by atoms with Crippen LogP contribution in [-0.4, -0.2) is 49.4 Å². The lowest BCUT2D eigenvalue weighted by Crippen LogP contribution is -2.37. The van der Waals surface area contributed by atoms with Gasteiger partial charge in [0.1, 0.15) is 0 Å². The topological polar surface area (TPSA) is 61.4 Å². The van der Waals surface area contributed by atoms with Crippen LogP contribution >= 0.6 is 0 Å². The lowest BCUT2D eigenvalue weighted by molar-refractivity contribution is -0.130. The fourth-order valence-corrected chi connectivity index (χ4v) is 1.90. The molecule has 0 aromatic heterocycles. The number of rotatable bonds is 7. The first-order chi connectivity index (χ1) is 8.59. The third-order valence-corrected chi connectivity index (χ3v) is 2.97. The van der Waals surface area contributed by atoms with Crippen LogP contribution in [0.15, 0.2) is 0 Å². The van der Waals surface area contributed by atoms with Gasteiger partial charge in [0.15, 0.2) is 0 Å². The SMILES string of the molecule is CC(C)CNC(=O)CNCCC(=O)N1CCCC1. The van der Waals surface area contributed by atoms with Gasteiger partial charge in [-0.2, -0.15) is 0 Å². The van der Waals surface area contributed by atoms with Crippen molar-refractivity contribution in [1.82, 2.24) is 15.5 Å². The molecule has 2 amide bonds. The molecule has 5 heteroatoms. The van der Waals surface area contributed by atoms with Gasteiger partial charge in [-0.25, -0.2) is 0 Å². The number of hydrogen-bond donors (Lipinski definition) is 2. The fourth-order valence-electron chi connectivity index (χ4n) is 1.90. The van der Waals surface area contributed by atoms with Gasteiger partial charge in [0, 0.05) is 32.6 Å². The van der Waals surface area contributed by atoms with Gasteiger partial charge in [0.25, 0.3) is 0 Å². The van der Waals surface area contributed by atoms with E-state index in [1.807, 2.05) is 4.90 Å². The summed E-state index contributed by atoms with van der Waals surface area (Å²) >= 11 is 0. The van der Waals surface area contributed by atoms with E-state index in [-0.39, 0.29) is 11.8 Å². The van der Waals surface area contributed by atoms with Crippen LogP contribution in [0.5, 0.6) is 0 Å². The summed E-state index contributed by atoms with van der Waals surface area (Å²) in [6.45, 7) is 7.48. The quantitative estimate of drug-likeness (QED) is 0.646. The van der Waals surface area contributed by atoms with Crippen molar-refractivity contribution in [2.24, 2.45) is 5.92 Å². The molecule has 0 radical (unpaired) electrons. The highest BCUT2D eigenvalue weighted by Crippen LogP contribution is 2.08.